The van der Waals surface area contributed by atoms with Crippen LogP contribution in [-0.2, 0) is 4.79 Å². The second-order valence-electron chi connectivity index (χ2n) is 7.71. The number of halogens is 1. The third-order valence-corrected chi connectivity index (χ3v) is 6.12. The van der Waals surface area contributed by atoms with Crippen molar-refractivity contribution in [2.45, 2.75) is 33.6 Å². The smallest absolute Gasteiger partial charge is 0.226 e. The van der Waals surface area contributed by atoms with Crippen LogP contribution in [0.4, 0.5) is 4.39 Å². The minimum atomic E-state index is -0.496. The normalized spacial score (nSPS) is 24.8. The van der Waals surface area contributed by atoms with Crippen LogP contribution < -0.4 is 5.32 Å². The van der Waals surface area contributed by atoms with Gasteiger partial charge >= 0.3 is 0 Å². The number of amides is 1. The van der Waals surface area contributed by atoms with Crippen molar-refractivity contribution in [1.29, 1.82) is 0 Å². The molecule has 1 aromatic carbocycles. The van der Waals surface area contributed by atoms with E-state index in [-0.39, 0.29) is 23.1 Å². The van der Waals surface area contributed by atoms with Crippen LogP contribution in [0.2, 0.25) is 0 Å². The summed E-state index contributed by atoms with van der Waals surface area (Å²) in [6.45, 7) is 13.9. The van der Waals surface area contributed by atoms with Crippen LogP contribution in [0.3, 0.4) is 0 Å². The van der Waals surface area contributed by atoms with E-state index >= 15 is 0 Å². The van der Waals surface area contributed by atoms with Crippen molar-refractivity contribution in [2.24, 2.45) is 27.0 Å². The van der Waals surface area contributed by atoms with E-state index in [1.54, 1.807) is 31.3 Å². The first-order chi connectivity index (χ1) is 12.7. The van der Waals surface area contributed by atoms with Crippen LogP contribution in [0.25, 0.3) is 5.70 Å². The number of benzene rings is 1. The van der Waals surface area contributed by atoms with Gasteiger partial charge in [0.05, 0.1) is 11.1 Å². The summed E-state index contributed by atoms with van der Waals surface area (Å²) < 4.78 is 14.3. The molecule has 144 valence electrons. The van der Waals surface area contributed by atoms with E-state index in [9.17, 15) is 9.18 Å². The number of hydrogen-bond acceptors (Lipinski definition) is 3. The molecule has 27 heavy (non-hydrogen) atoms. The molecule has 0 heterocycles. The van der Waals surface area contributed by atoms with Crippen molar-refractivity contribution in [3.63, 3.8) is 0 Å². The summed E-state index contributed by atoms with van der Waals surface area (Å²) in [6.07, 6.45) is 4.67. The minimum Gasteiger partial charge on any atom is -0.359 e. The summed E-state index contributed by atoms with van der Waals surface area (Å²) in [5, 5.41) is 10.7. The third-order valence-electron chi connectivity index (χ3n) is 6.12. The number of hydrogen-bond donors (Lipinski definition) is 1. The van der Waals surface area contributed by atoms with Gasteiger partial charge in [-0.3, -0.25) is 4.79 Å². The number of allylic oxidation sites excluding steroid dienone is 2. The number of nitrogens with zero attached hydrogens (tertiary/aromatic N) is 2. The Morgan fingerprint density at radius 2 is 2.00 bits per heavy atom. The molecule has 0 aliphatic heterocycles. The van der Waals surface area contributed by atoms with E-state index in [4.69, 9.17) is 0 Å². The van der Waals surface area contributed by atoms with Crippen LogP contribution in [0.5, 0.6) is 0 Å². The first kappa shape index (κ1) is 20.7. The zero-order valence-electron chi connectivity index (χ0n) is 16.6. The van der Waals surface area contributed by atoms with Gasteiger partial charge in [-0.2, -0.15) is 10.2 Å². The molecule has 0 saturated heterocycles. The fourth-order valence-corrected chi connectivity index (χ4v) is 4.04. The van der Waals surface area contributed by atoms with Gasteiger partial charge in [-0.25, -0.2) is 4.39 Å². The number of carbonyl (C=O) groups is 1. The van der Waals surface area contributed by atoms with Crippen LogP contribution in [0.15, 0.2) is 65.5 Å². The minimum absolute atomic E-state index is 0.0347. The number of nitrogens with one attached hydrogen (secondary N) is 1. The average molecular weight is 369 g/mol. The zero-order valence-corrected chi connectivity index (χ0v) is 16.6. The summed E-state index contributed by atoms with van der Waals surface area (Å²) in [4.78, 5) is 12.5. The van der Waals surface area contributed by atoms with Crippen LogP contribution in [-0.4, -0.2) is 13.0 Å². The summed E-state index contributed by atoms with van der Waals surface area (Å²) >= 11 is 0. The second-order valence-corrected chi connectivity index (χ2v) is 7.71. The van der Waals surface area contributed by atoms with E-state index < -0.39 is 5.41 Å². The predicted molar refractivity (Wildman–Crippen MR) is 107 cm³/mol. The van der Waals surface area contributed by atoms with Gasteiger partial charge < -0.3 is 5.32 Å². The molecule has 1 N–H and O–H groups in total. The monoisotopic (exact) mass is 369 g/mol. The maximum atomic E-state index is 14.3. The Hall–Kier alpha value is -2.56. The molecular weight excluding hydrogens is 341 g/mol. The predicted octanol–water partition coefficient (Wildman–Crippen LogP) is 5.51. The van der Waals surface area contributed by atoms with Gasteiger partial charge in [0.1, 0.15) is 5.82 Å². The van der Waals surface area contributed by atoms with Gasteiger partial charge in [-0.05, 0) is 48.0 Å². The Bertz CT molecular complexity index is 810. The van der Waals surface area contributed by atoms with Crippen molar-refractivity contribution < 1.29 is 9.18 Å². The van der Waals surface area contributed by atoms with Gasteiger partial charge in [0.15, 0.2) is 0 Å². The quantitative estimate of drug-likeness (QED) is 0.522. The Balaban J connectivity index is 2.42. The summed E-state index contributed by atoms with van der Waals surface area (Å²) in [5.74, 6) is -0.270. The van der Waals surface area contributed by atoms with E-state index in [0.717, 1.165) is 18.4 Å². The molecule has 2 atom stereocenters. The first-order valence-electron chi connectivity index (χ1n) is 9.08. The lowest BCUT2D eigenvalue weighted by molar-refractivity contribution is -0.135. The number of azo groups is 1. The molecule has 5 heteroatoms. The van der Waals surface area contributed by atoms with Crippen molar-refractivity contribution >= 4 is 11.6 Å². The molecule has 0 aromatic heterocycles. The lowest BCUT2D eigenvalue weighted by Gasteiger charge is -2.40. The highest BCUT2D eigenvalue weighted by atomic mass is 19.1. The van der Waals surface area contributed by atoms with E-state index in [1.807, 2.05) is 6.92 Å². The van der Waals surface area contributed by atoms with E-state index in [1.165, 1.54) is 12.3 Å². The molecule has 1 fully saturated rings. The van der Waals surface area contributed by atoms with E-state index in [0.29, 0.717) is 11.3 Å². The van der Waals surface area contributed by atoms with Gasteiger partial charge in [0.2, 0.25) is 5.91 Å². The molecule has 1 aliphatic carbocycles. The summed E-state index contributed by atoms with van der Waals surface area (Å²) in [6, 6.07) is 6.42. The third kappa shape index (κ3) is 3.77. The van der Waals surface area contributed by atoms with Crippen LogP contribution >= 0.6 is 0 Å². The zero-order chi connectivity index (χ0) is 20.2. The molecule has 1 saturated carbocycles. The lowest BCUT2D eigenvalue weighted by Crippen LogP contribution is -2.46. The second kappa shape index (κ2) is 7.99. The highest BCUT2D eigenvalue weighted by Gasteiger charge is 2.55. The Morgan fingerprint density at radius 3 is 2.59 bits per heavy atom. The van der Waals surface area contributed by atoms with Crippen molar-refractivity contribution in [3.8, 4) is 0 Å². The van der Waals surface area contributed by atoms with Crippen LogP contribution in [0.1, 0.15) is 39.2 Å². The Labute approximate surface area is 161 Å². The molecule has 0 spiro atoms. The molecule has 0 radical (unpaired) electrons. The van der Waals surface area contributed by atoms with E-state index in [2.05, 4.69) is 42.6 Å². The molecular formula is C22H28FN3O. The molecule has 1 aromatic rings. The molecule has 1 unspecified atom stereocenters. The summed E-state index contributed by atoms with van der Waals surface area (Å²) in [5.41, 5.74) is 0.756. The summed E-state index contributed by atoms with van der Waals surface area (Å²) in [7, 11) is 1.66. The fourth-order valence-electron chi connectivity index (χ4n) is 4.04. The molecule has 4 nitrogen and oxygen atoms in total. The highest BCUT2D eigenvalue weighted by molar-refractivity contribution is 5.83. The van der Waals surface area contributed by atoms with Crippen LogP contribution in [0, 0.1) is 22.6 Å². The first-order valence-corrected chi connectivity index (χ1v) is 9.08. The Morgan fingerprint density at radius 1 is 1.33 bits per heavy atom. The number of carbonyl (C=O) groups excluding carboxylic acids is 1. The van der Waals surface area contributed by atoms with Crippen molar-refractivity contribution in [3.05, 3.63) is 66.7 Å². The number of rotatable bonds is 6. The van der Waals surface area contributed by atoms with Crippen molar-refractivity contribution in [1.82, 2.24) is 5.32 Å². The van der Waals surface area contributed by atoms with Gasteiger partial charge in [0, 0.05) is 18.8 Å². The van der Waals surface area contributed by atoms with Gasteiger partial charge in [-0.15, -0.1) is 0 Å². The maximum absolute atomic E-state index is 14.3. The largest absolute Gasteiger partial charge is 0.359 e. The van der Waals surface area contributed by atoms with Gasteiger partial charge in [0.25, 0.3) is 0 Å². The van der Waals surface area contributed by atoms with Crippen molar-refractivity contribution in [2.75, 3.05) is 7.05 Å². The Kier molecular flexibility index (Phi) is 6.14. The standard InChI is InChI=1S/C22H28FN3O/c1-7-25-26-19(16-10-8-9-11-18(16)23)14-15(2)17-12-13-22(5,20(27)24-6)21(17,3)4/h7-11,14,17H,1-2,12-13H2,3-6H3,(H,24,27)/b19-14-,26-25-/t17-,22?/m0/s1. The molecule has 1 aliphatic rings. The maximum Gasteiger partial charge on any atom is 0.226 e. The molecule has 0 bridgehead atoms. The van der Waals surface area contributed by atoms with Gasteiger partial charge in [-0.1, -0.05) is 46.1 Å². The SMILES string of the molecule is C=C/N=N\C(=C/C(=C)[C@@H]1CCC(C)(C(=O)NC)C1(C)C)c1ccccc1F. The molecule has 2 rings (SSSR count). The topological polar surface area (TPSA) is 53.8 Å². The fraction of sp³-hybridized carbons (Fsp3) is 0.409. The molecule has 1 amide bonds. The lowest BCUT2D eigenvalue weighted by atomic mass is 9.63. The highest BCUT2D eigenvalue weighted by Crippen LogP contribution is 2.58. The average Bonchev–Trinajstić information content (AvgIpc) is 2.88.